The van der Waals surface area contributed by atoms with Crippen LogP contribution in [0, 0.1) is 17.6 Å². The molecule has 1 aromatic carbocycles. The lowest BCUT2D eigenvalue weighted by molar-refractivity contribution is -0.0152. The number of ether oxygens (including phenoxy) is 1. The SMILES string of the molecule is C[C@H]1C[C@@H](c2ccncc2Nc2ncc3ccc(-c4c(F)cccc4F)nn23)C[C@@H](N)[C@H]1OCCS(C)(=O)=O. The molecule has 1 saturated carbocycles. The molecule has 4 atom stereocenters. The summed E-state index contributed by atoms with van der Waals surface area (Å²) in [5.41, 5.74) is 8.79. The van der Waals surface area contributed by atoms with Crippen molar-refractivity contribution in [3.05, 3.63) is 72.2 Å². The lowest BCUT2D eigenvalue weighted by Crippen LogP contribution is -2.47. The van der Waals surface area contributed by atoms with Crippen molar-refractivity contribution in [2.75, 3.05) is 23.9 Å². The Morgan fingerprint density at radius 1 is 1.13 bits per heavy atom. The van der Waals surface area contributed by atoms with Gasteiger partial charge in [-0.05, 0) is 60.6 Å². The number of sulfone groups is 1. The number of benzene rings is 1. The maximum atomic E-state index is 14.4. The van der Waals surface area contributed by atoms with E-state index < -0.39 is 21.5 Å². The van der Waals surface area contributed by atoms with Crippen molar-refractivity contribution in [3.8, 4) is 11.3 Å². The van der Waals surface area contributed by atoms with Gasteiger partial charge in [-0.1, -0.05) is 13.0 Å². The van der Waals surface area contributed by atoms with E-state index in [2.05, 4.69) is 27.3 Å². The summed E-state index contributed by atoms with van der Waals surface area (Å²) in [4.78, 5) is 8.71. The van der Waals surface area contributed by atoms with Crippen LogP contribution >= 0.6 is 0 Å². The molecule has 0 amide bonds. The average Bonchev–Trinajstić information content (AvgIpc) is 3.27. The summed E-state index contributed by atoms with van der Waals surface area (Å²) in [6.07, 6.45) is 7.40. The quantitative estimate of drug-likeness (QED) is 0.333. The van der Waals surface area contributed by atoms with Crippen LogP contribution in [0.1, 0.15) is 31.2 Å². The van der Waals surface area contributed by atoms with Crippen LogP contribution in [0.15, 0.2) is 55.0 Å². The van der Waals surface area contributed by atoms with E-state index in [4.69, 9.17) is 10.5 Å². The first-order chi connectivity index (χ1) is 18.6. The number of nitrogens with two attached hydrogens (primary N) is 1. The van der Waals surface area contributed by atoms with Crippen molar-refractivity contribution in [2.45, 2.75) is 37.8 Å². The molecule has 12 heteroatoms. The third kappa shape index (κ3) is 5.92. The van der Waals surface area contributed by atoms with E-state index in [1.807, 2.05) is 6.07 Å². The molecule has 0 radical (unpaired) electrons. The number of anilines is 2. The standard InChI is InChI=1S/C27H30F2N6O3S/c1-16-12-17(13-22(30)26(16)38-10-11-39(2,36)37)19-8-9-31-15-24(19)33-27-32-14-18-6-7-23(34-35(18)27)25-20(28)4-3-5-21(25)29/h3-9,14-17,22,26H,10-13,30H2,1-2H3,(H,32,33)/t16-,17+,22+,26-/m0/s1. The number of imidazole rings is 1. The first kappa shape index (κ1) is 27.1. The summed E-state index contributed by atoms with van der Waals surface area (Å²) >= 11 is 0. The second-order valence-electron chi connectivity index (χ2n) is 10.1. The molecule has 39 heavy (non-hydrogen) atoms. The van der Waals surface area contributed by atoms with Gasteiger partial charge in [0.05, 0.1) is 53.3 Å². The topological polar surface area (TPSA) is 124 Å². The highest BCUT2D eigenvalue weighted by Gasteiger charge is 2.36. The Morgan fingerprint density at radius 3 is 2.62 bits per heavy atom. The maximum Gasteiger partial charge on any atom is 0.229 e. The Kier molecular flexibility index (Phi) is 7.61. The predicted molar refractivity (Wildman–Crippen MR) is 144 cm³/mol. The van der Waals surface area contributed by atoms with Crippen molar-refractivity contribution in [1.29, 1.82) is 0 Å². The fourth-order valence-electron chi connectivity index (χ4n) is 5.27. The summed E-state index contributed by atoms with van der Waals surface area (Å²) in [6, 6.07) is 8.60. The largest absolute Gasteiger partial charge is 0.375 e. The molecule has 0 spiro atoms. The maximum absolute atomic E-state index is 14.4. The van der Waals surface area contributed by atoms with E-state index in [0.717, 1.165) is 17.7 Å². The highest BCUT2D eigenvalue weighted by Crippen LogP contribution is 2.40. The zero-order valence-corrected chi connectivity index (χ0v) is 22.4. The number of nitrogens with one attached hydrogen (secondary N) is 1. The molecule has 1 fully saturated rings. The number of rotatable bonds is 8. The van der Waals surface area contributed by atoms with Crippen LogP contribution in [-0.4, -0.2) is 58.8 Å². The molecule has 3 aromatic heterocycles. The first-order valence-corrected chi connectivity index (χ1v) is 14.7. The Labute approximate surface area is 225 Å². The molecule has 0 aliphatic heterocycles. The lowest BCUT2D eigenvalue weighted by atomic mass is 9.74. The molecule has 3 heterocycles. The highest BCUT2D eigenvalue weighted by atomic mass is 32.2. The van der Waals surface area contributed by atoms with Gasteiger partial charge in [-0.3, -0.25) is 4.98 Å². The number of hydrogen-bond acceptors (Lipinski definition) is 8. The second-order valence-corrected chi connectivity index (χ2v) is 12.4. The summed E-state index contributed by atoms with van der Waals surface area (Å²) in [5, 5.41) is 7.75. The molecular formula is C27H30F2N6O3S. The third-order valence-corrected chi connectivity index (χ3v) is 8.01. The van der Waals surface area contributed by atoms with Crippen molar-refractivity contribution in [3.63, 3.8) is 0 Å². The van der Waals surface area contributed by atoms with Crippen molar-refractivity contribution in [2.24, 2.45) is 11.7 Å². The Balaban J connectivity index is 1.38. The van der Waals surface area contributed by atoms with Gasteiger partial charge < -0.3 is 15.8 Å². The van der Waals surface area contributed by atoms with Crippen LogP contribution in [-0.2, 0) is 14.6 Å². The number of pyridine rings is 1. The van der Waals surface area contributed by atoms with Crippen LogP contribution in [0.2, 0.25) is 0 Å². The summed E-state index contributed by atoms with van der Waals surface area (Å²) < 4.78 is 59.1. The van der Waals surface area contributed by atoms with Crippen LogP contribution in [0.4, 0.5) is 20.4 Å². The van der Waals surface area contributed by atoms with E-state index >= 15 is 0 Å². The Morgan fingerprint density at radius 2 is 1.90 bits per heavy atom. The summed E-state index contributed by atoms with van der Waals surface area (Å²) in [6.45, 7) is 2.17. The molecule has 1 aliphatic rings. The zero-order chi connectivity index (χ0) is 27.7. The van der Waals surface area contributed by atoms with E-state index in [1.165, 1.54) is 29.0 Å². The highest BCUT2D eigenvalue weighted by molar-refractivity contribution is 7.90. The van der Waals surface area contributed by atoms with Crippen molar-refractivity contribution >= 4 is 27.0 Å². The minimum atomic E-state index is -3.11. The molecule has 206 valence electrons. The number of fused-ring (bicyclic) bond motifs is 1. The van der Waals surface area contributed by atoms with Gasteiger partial charge >= 0.3 is 0 Å². The summed E-state index contributed by atoms with van der Waals surface area (Å²) in [7, 11) is -3.11. The lowest BCUT2D eigenvalue weighted by Gasteiger charge is -2.39. The molecule has 5 rings (SSSR count). The molecule has 4 aromatic rings. The van der Waals surface area contributed by atoms with Crippen LogP contribution < -0.4 is 11.1 Å². The van der Waals surface area contributed by atoms with Crippen LogP contribution in [0.5, 0.6) is 0 Å². The normalized spacial score (nSPS) is 21.8. The van der Waals surface area contributed by atoms with E-state index in [0.29, 0.717) is 17.9 Å². The Hall–Kier alpha value is -3.48. The molecule has 0 unspecified atom stereocenters. The van der Waals surface area contributed by atoms with Gasteiger partial charge in [0.15, 0.2) is 0 Å². The third-order valence-electron chi connectivity index (χ3n) is 7.10. The van der Waals surface area contributed by atoms with Gasteiger partial charge in [0.2, 0.25) is 5.95 Å². The average molecular weight is 557 g/mol. The number of nitrogens with zero attached hydrogens (tertiary/aromatic N) is 4. The summed E-state index contributed by atoms with van der Waals surface area (Å²) in [5.74, 6) is -0.876. The van der Waals surface area contributed by atoms with E-state index in [1.54, 1.807) is 30.7 Å². The molecule has 3 N–H and O–H groups in total. The number of hydrogen-bond donors (Lipinski definition) is 2. The van der Waals surface area contributed by atoms with Gasteiger partial charge in [0.25, 0.3) is 0 Å². The van der Waals surface area contributed by atoms with Crippen LogP contribution in [0.3, 0.4) is 0 Å². The number of halogens is 2. The smallest absolute Gasteiger partial charge is 0.229 e. The fourth-order valence-corrected chi connectivity index (χ4v) is 5.67. The minimum Gasteiger partial charge on any atom is -0.375 e. The van der Waals surface area contributed by atoms with Crippen molar-refractivity contribution in [1.82, 2.24) is 19.6 Å². The first-order valence-electron chi connectivity index (χ1n) is 12.7. The molecule has 9 nitrogen and oxygen atoms in total. The van der Waals surface area contributed by atoms with Gasteiger partial charge in [0, 0.05) is 18.5 Å². The molecule has 0 bridgehead atoms. The van der Waals surface area contributed by atoms with Crippen LogP contribution in [0.25, 0.3) is 16.8 Å². The van der Waals surface area contributed by atoms with Gasteiger partial charge in [-0.15, -0.1) is 0 Å². The molecular weight excluding hydrogens is 526 g/mol. The Bertz CT molecular complexity index is 1560. The molecule has 0 saturated heterocycles. The van der Waals surface area contributed by atoms with Gasteiger partial charge in [0.1, 0.15) is 21.5 Å². The van der Waals surface area contributed by atoms with Gasteiger partial charge in [-0.2, -0.15) is 9.61 Å². The monoisotopic (exact) mass is 556 g/mol. The number of aromatic nitrogens is 4. The van der Waals surface area contributed by atoms with Crippen molar-refractivity contribution < 1.29 is 21.9 Å². The van der Waals surface area contributed by atoms with E-state index in [-0.39, 0.29) is 47.6 Å². The predicted octanol–water partition coefficient (Wildman–Crippen LogP) is 4.08. The fraction of sp³-hybridized carbons (Fsp3) is 0.370. The zero-order valence-electron chi connectivity index (χ0n) is 21.6. The van der Waals surface area contributed by atoms with Gasteiger partial charge in [-0.25, -0.2) is 22.2 Å². The minimum absolute atomic E-state index is 0.0393. The molecule has 1 aliphatic carbocycles. The van der Waals surface area contributed by atoms with E-state index in [9.17, 15) is 17.2 Å². The second kappa shape index (κ2) is 10.9.